The van der Waals surface area contributed by atoms with Crippen molar-refractivity contribution in [1.82, 2.24) is 10.3 Å². The van der Waals surface area contributed by atoms with Gasteiger partial charge in [0.25, 0.3) is 5.91 Å². The van der Waals surface area contributed by atoms with Crippen LogP contribution in [-0.4, -0.2) is 35.6 Å². The standard InChI is InChI=1S/C18H24FN3O3/c1-18(9-16(20)23,12-4-5-12)22-17(24)14-8-15(25-7-6-19)13(10-21-14)11-2-3-11/h8,10-12H,2-7,9H2,1H3,(H2,20,23)(H,22,24)/t18-/m1/s1. The lowest BCUT2D eigenvalue weighted by Crippen LogP contribution is -2.50. The lowest BCUT2D eigenvalue weighted by atomic mass is 9.91. The topological polar surface area (TPSA) is 94.3 Å². The zero-order chi connectivity index (χ0) is 18.0. The summed E-state index contributed by atoms with van der Waals surface area (Å²) in [7, 11) is 0. The van der Waals surface area contributed by atoms with Gasteiger partial charge in [-0.2, -0.15) is 0 Å². The Morgan fingerprint density at radius 1 is 1.40 bits per heavy atom. The summed E-state index contributed by atoms with van der Waals surface area (Å²) in [5, 5.41) is 2.92. The fraction of sp³-hybridized carbons (Fsp3) is 0.611. The van der Waals surface area contributed by atoms with E-state index in [-0.39, 0.29) is 30.5 Å². The molecule has 1 aromatic rings. The van der Waals surface area contributed by atoms with E-state index < -0.39 is 18.1 Å². The summed E-state index contributed by atoms with van der Waals surface area (Å²) in [4.78, 5) is 28.3. The Morgan fingerprint density at radius 3 is 2.68 bits per heavy atom. The van der Waals surface area contributed by atoms with Crippen molar-refractivity contribution in [3.8, 4) is 5.75 Å². The molecule has 0 aliphatic heterocycles. The second-order valence-corrected chi connectivity index (χ2v) is 7.21. The zero-order valence-corrected chi connectivity index (χ0v) is 14.4. The Bertz CT molecular complexity index is 674. The second-order valence-electron chi connectivity index (χ2n) is 7.21. The van der Waals surface area contributed by atoms with Crippen molar-refractivity contribution in [2.24, 2.45) is 11.7 Å². The maximum atomic E-state index is 12.6. The van der Waals surface area contributed by atoms with Crippen molar-refractivity contribution < 1.29 is 18.7 Å². The van der Waals surface area contributed by atoms with Gasteiger partial charge in [-0.25, -0.2) is 4.39 Å². The van der Waals surface area contributed by atoms with Crippen LogP contribution >= 0.6 is 0 Å². The van der Waals surface area contributed by atoms with Gasteiger partial charge in [0.1, 0.15) is 24.7 Å². The molecule has 7 heteroatoms. The number of primary amides is 1. The number of nitrogens with two attached hydrogens (primary N) is 1. The van der Waals surface area contributed by atoms with Crippen LogP contribution < -0.4 is 15.8 Å². The Hall–Kier alpha value is -2.18. The van der Waals surface area contributed by atoms with Gasteiger partial charge in [0.15, 0.2) is 0 Å². The Kier molecular flexibility index (Phi) is 4.92. The smallest absolute Gasteiger partial charge is 0.270 e. The molecule has 0 unspecified atom stereocenters. The molecule has 0 bridgehead atoms. The van der Waals surface area contributed by atoms with Crippen molar-refractivity contribution in [3.05, 3.63) is 23.5 Å². The molecular weight excluding hydrogens is 325 g/mol. The summed E-state index contributed by atoms with van der Waals surface area (Å²) in [6.07, 6.45) is 5.76. The lowest BCUT2D eigenvalue weighted by Gasteiger charge is -2.29. The van der Waals surface area contributed by atoms with E-state index in [1.54, 1.807) is 12.3 Å². The number of carbonyl (C=O) groups is 2. The number of hydrogen-bond donors (Lipinski definition) is 2. The summed E-state index contributed by atoms with van der Waals surface area (Å²) >= 11 is 0. The molecule has 1 atom stereocenters. The number of hydrogen-bond acceptors (Lipinski definition) is 4. The van der Waals surface area contributed by atoms with Crippen LogP contribution in [0.15, 0.2) is 12.3 Å². The first-order chi connectivity index (χ1) is 11.9. The van der Waals surface area contributed by atoms with Crippen LogP contribution in [0.4, 0.5) is 4.39 Å². The third-order valence-electron chi connectivity index (χ3n) is 4.90. The van der Waals surface area contributed by atoms with Gasteiger partial charge in [0.2, 0.25) is 5.91 Å². The highest BCUT2D eigenvalue weighted by atomic mass is 19.1. The molecule has 0 spiro atoms. The van der Waals surface area contributed by atoms with Gasteiger partial charge in [0.05, 0.1) is 0 Å². The molecule has 1 heterocycles. The fourth-order valence-corrected chi connectivity index (χ4v) is 3.24. The van der Waals surface area contributed by atoms with Gasteiger partial charge in [-0.3, -0.25) is 14.6 Å². The van der Waals surface area contributed by atoms with Gasteiger partial charge in [-0.1, -0.05) is 0 Å². The van der Waals surface area contributed by atoms with E-state index in [0.717, 1.165) is 31.2 Å². The normalized spacial score (nSPS) is 19.1. The number of aromatic nitrogens is 1. The molecule has 3 rings (SSSR count). The van der Waals surface area contributed by atoms with Gasteiger partial charge in [-0.05, 0) is 44.4 Å². The summed E-state index contributed by atoms with van der Waals surface area (Å²) in [6.45, 7) is 1.20. The quantitative estimate of drug-likeness (QED) is 0.714. The highest BCUT2D eigenvalue weighted by Crippen LogP contribution is 2.44. The van der Waals surface area contributed by atoms with E-state index in [2.05, 4.69) is 10.3 Å². The van der Waals surface area contributed by atoms with Crippen molar-refractivity contribution in [3.63, 3.8) is 0 Å². The number of nitrogens with one attached hydrogen (secondary N) is 1. The first-order valence-corrected chi connectivity index (χ1v) is 8.72. The molecule has 25 heavy (non-hydrogen) atoms. The predicted octanol–water partition coefficient (Wildman–Crippen LogP) is 2.08. The lowest BCUT2D eigenvalue weighted by molar-refractivity contribution is -0.119. The predicted molar refractivity (Wildman–Crippen MR) is 90.1 cm³/mol. The molecule has 0 saturated heterocycles. The number of nitrogens with zero attached hydrogens (tertiary/aromatic N) is 1. The zero-order valence-electron chi connectivity index (χ0n) is 14.4. The number of halogens is 1. The highest BCUT2D eigenvalue weighted by Gasteiger charge is 2.44. The van der Waals surface area contributed by atoms with Crippen LogP contribution in [0, 0.1) is 5.92 Å². The van der Waals surface area contributed by atoms with E-state index in [4.69, 9.17) is 10.5 Å². The SMILES string of the molecule is C[C@](CC(N)=O)(NC(=O)c1cc(OCCF)c(C2CC2)cn1)C1CC1. The molecule has 6 nitrogen and oxygen atoms in total. The Labute approximate surface area is 146 Å². The molecule has 2 aliphatic carbocycles. The van der Waals surface area contributed by atoms with E-state index in [0.29, 0.717) is 11.7 Å². The van der Waals surface area contributed by atoms with Crippen LogP contribution in [-0.2, 0) is 4.79 Å². The average molecular weight is 349 g/mol. The first kappa shape index (κ1) is 17.6. The molecule has 2 amide bonds. The molecule has 1 aromatic heterocycles. The van der Waals surface area contributed by atoms with Gasteiger partial charge >= 0.3 is 0 Å². The van der Waals surface area contributed by atoms with Crippen LogP contribution in [0.3, 0.4) is 0 Å². The summed E-state index contributed by atoms with van der Waals surface area (Å²) in [5.41, 5.74) is 5.80. The third-order valence-corrected chi connectivity index (χ3v) is 4.90. The summed E-state index contributed by atoms with van der Waals surface area (Å²) in [5.74, 6) is 0.327. The number of pyridine rings is 1. The van der Waals surface area contributed by atoms with Gasteiger partial charge < -0.3 is 15.8 Å². The Balaban J connectivity index is 1.77. The summed E-state index contributed by atoms with van der Waals surface area (Å²) in [6, 6.07) is 1.57. The first-order valence-electron chi connectivity index (χ1n) is 8.72. The number of amides is 2. The van der Waals surface area contributed by atoms with E-state index in [1.807, 2.05) is 6.92 Å². The largest absolute Gasteiger partial charge is 0.490 e. The minimum atomic E-state index is -0.667. The maximum Gasteiger partial charge on any atom is 0.270 e. The molecule has 2 aliphatic rings. The van der Waals surface area contributed by atoms with Crippen molar-refractivity contribution in [2.75, 3.05) is 13.3 Å². The van der Waals surface area contributed by atoms with Crippen molar-refractivity contribution in [2.45, 2.75) is 50.5 Å². The van der Waals surface area contributed by atoms with Crippen LogP contribution in [0.1, 0.15) is 61.0 Å². The Morgan fingerprint density at radius 2 is 2.12 bits per heavy atom. The minimum absolute atomic E-state index is 0.0493. The number of carbonyl (C=O) groups excluding carboxylic acids is 2. The molecule has 136 valence electrons. The van der Waals surface area contributed by atoms with Gasteiger partial charge in [0, 0.05) is 29.8 Å². The second kappa shape index (κ2) is 6.98. The molecule has 0 aromatic carbocycles. The average Bonchev–Trinajstić information content (AvgIpc) is 3.43. The van der Waals surface area contributed by atoms with Crippen LogP contribution in [0.5, 0.6) is 5.75 Å². The van der Waals surface area contributed by atoms with Crippen LogP contribution in [0.2, 0.25) is 0 Å². The van der Waals surface area contributed by atoms with E-state index in [1.165, 1.54) is 0 Å². The fourth-order valence-electron chi connectivity index (χ4n) is 3.24. The molecule has 0 radical (unpaired) electrons. The van der Waals surface area contributed by atoms with Crippen molar-refractivity contribution in [1.29, 1.82) is 0 Å². The third kappa shape index (κ3) is 4.27. The van der Waals surface area contributed by atoms with E-state index in [9.17, 15) is 14.0 Å². The molecule has 2 fully saturated rings. The number of ether oxygens (including phenoxy) is 1. The number of alkyl halides is 1. The van der Waals surface area contributed by atoms with Crippen molar-refractivity contribution >= 4 is 11.8 Å². The summed E-state index contributed by atoms with van der Waals surface area (Å²) < 4.78 is 17.9. The van der Waals surface area contributed by atoms with Gasteiger partial charge in [-0.15, -0.1) is 0 Å². The van der Waals surface area contributed by atoms with E-state index >= 15 is 0 Å². The minimum Gasteiger partial charge on any atom is -0.490 e. The monoisotopic (exact) mass is 349 g/mol. The molecular formula is C18H24FN3O3. The maximum absolute atomic E-state index is 12.6. The molecule has 2 saturated carbocycles. The molecule has 3 N–H and O–H groups in total. The number of rotatable bonds is 9. The van der Waals surface area contributed by atoms with Crippen LogP contribution in [0.25, 0.3) is 0 Å². The highest BCUT2D eigenvalue weighted by molar-refractivity contribution is 5.93.